The lowest BCUT2D eigenvalue weighted by Crippen LogP contribution is -2.38. The highest BCUT2D eigenvalue weighted by molar-refractivity contribution is 6.11. The van der Waals surface area contributed by atoms with Crippen molar-refractivity contribution in [3.05, 3.63) is 106 Å². The standard InChI is InChI=1S/C27H21F6N3O2/c1-16-23(24(37)35-22-10-6-5-9-21(22)34-16)36(12-11-17-7-3-2-4-8-17)25(38)18-13-19(26(28,29)30)15-20(14-18)27(31,32)33/h2-10,13-15,34H,11-12H2,1H3,(H,35,37). The van der Waals surface area contributed by atoms with Crippen LogP contribution in [0.3, 0.4) is 0 Å². The molecule has 3 aromatic rings. The van der Waals surface area contributed by atoms with Crippen LogP contribution < -0.4 is 10.6 Å². The number of carbonyl (C=O) groups excluding carboxylic acids is 2. The predicted molar refractivity (Wildman–Crippen MR) is 129 cm³/mol. The van der Waals surface area contributed by atoms with E-state index in [4.69, 9.17) is 0 Å². The molecule has 0 radical (unpaired) electrons. The first-order valence-corrected chi connectivity index (χ1v) is 11.4. The Morgan fingerprint density at radius 3 is 1.87 bits per heavy atom. The second-order valence-electron chi connectivity index (χ2n) is 8.59. The van der Waals surface area contributed by atoms with E-state index in [1.165, 1.54) is 6.92 Å². The number of alkyl halides is 6. The molecular formula is C27H21F6N3O2. The van der Waals surface area contributed by atoms with Gasteiger partial charge in [-0.3, -0.25) is 9.59 Å². The van der Waals surface area contributed by atoms with Crippen molar-refractivity contribution in [3.8, 4) is 0 Å². The molecule has 2 amide bonds. The molecule has 4 rings (SSSR count). The van der Waals surface area contributed by atoms with Crippen molar-refractivity contribution in [2.75, 3.05) is 17.2 Å². The van der Waals surface area contributed by atoms with Crippen LogP contribution in [0.25, 0.3) is 0 Å². The monoisotopic (exact) mass is 533 g/mol. The van der Waals surface area contributed by atoms with Gasteiger partial charge in [-0.15, -0.1) is 0 Å². The van der Waals surface area contributed by atoms with E-state index in [9.17, 15) is 35.9 Å². The summed E-state index contributed by atoms with van der Waals surface area (Å²) >= 11 is 0. The van der Waals surface area contributed by atoms with Crippen molar-refractivity contribution >= 4 is 23.2 Å². The third-order valence-corrected chi connectivity index (χ3v) is 5.88. The molecule has 1 heterocycles. The summed E-state index contributed by atoms with van der Waals surface area (Å²) in [5, 5.41) is 5.65. The van der Waals surface area contributed by atoms with E-state index in [0.717, 1.165) is 10.5 Å². The van der Waals surface area contributed by atoms with Crippen LogP contribution in [0.4, 0.5) is 37.7 Å². The first-order valence-electron chi connectivity index (χ1n) is 11.4. The van der Waals surface area contributed by atoms with Gasteiger partial charge in [-0.25, -0.2) is 0 Å². The Balaban J connectivity index is 1.82. The number of rotatable bonds is 5. The highest BCUT2D eigenvalue weighted by atomic mass is 19.4. The van der Waals surface area contributed by atoms with Gasteiger partial charge in [-0.2, -0.15) is 26.3 Å². The molecule has 0 atom stereocenters. The SMILES string of the molecule is CC1=C(N(CCc2ccccc2)C(=O)c2cc(C(F)(F)F)cc(C(F)(F)F)c2)C(=O)Nc2ccccc2N1. The summed E-state index contributed by atoms with van der Waals surface area (Å²) in [6.07, 6.45) is -10.1. The van der Waals surface area contributed by atoms with Crippen LogP contribution in [0.15, 0.2) is 84.2 Å². The number of para-hydroxylation sites is 2. The van der Waals surface area contributed by atoms with Crippen LogP contribution in [0, 0.1) is 0 Å². The largest absolute Gasteiger partial charge is 0.416 e. The second kappa shape index (κ2) is 10.2. The number of amides is 2. The summed E-state index contributed by atoms with van der Waals surface area (Å²) in [5.74, 6) is -1.93. The molecule has 0 spiro atoms. The fourth-order valence-electron chi connectivity index (χ4n) is 4.07. The van der Waals surface area contributed by atoms with Gasteiger partial charge < -0.3 is 15.5 Å². The Hall–Kier alpha value is -4.28. The van der Waals surface area contributed by atoms with Crippen LogP contribution in [-0.2, 0) is 23.6 Å². The van der Waals surface area contributed by atoms with Gasteiger partial charge in [0, 0.05) is 17.8 Å². The number of nitrogens with zero attached hydrogens (tertiary/aromatic N) is 1. The molecule has 11 heteroatoms. The Bertz CT molecular complexity index is 1370. The predicted octanol–water partition coefficient (Wildman–Crippen LogP) is 6.70. The summed E-state index contributed by atoms with van der Waals surface area (Å²) in [6.45, 7) is 1.30. The normalized spacial score (nSPS) is 13.8. The summed E-state index contributed by atoms with van der Waals surface area (Å²) in [6, 6.07) is 16.1. The first kappa shape index (κ1) is 26.8. The zero-order valence-corrected chi connectivity index (χ0v) is 19.9. The fraction of sp³-hybridized carbons (Fsp3) is 0.185. The van der Waals surface area contributed by atoms with Gasteiger partial charge in [0.15, 0.2) is 0 Å². The molecule has 0 aliphatic carbocycles. The Morgan fingerprint density at radius 2 is 1.32 bits per heavy atom. The number of halogens is 6. The van der Waals surface area contributed by atoms with E-state index >= 15 is 0 Å². The molecule has 198 valence electrons. The highest BCUT2D eigenvalue weighted by Gasteiger charge is 2.39. The molecule has 1 aliphatic rings. The highest BCUT2D eigenvalue weighted by Crippen LogP contribution is 2.37. The van der Waals surface area contributed by atoms with E-state index in [1.54, 1.807) is 54.6 Å². The number of fused-ring (bicyclic) bond motifs is 1. The number of carbonyl (C=O) groups is 2. The molecule has 5 nitrogen and oxygen atoms in total. The maximum Gasteiger partial charge on any atom is 0.416 e. The molecule has 38 heavy (non-hydrogen) atoms. The average molecular weight is 533 g/mol. The van der Waals surface area contributed by atoms with Crippen LogP contribution in [0.2, 0.25) is 0 Å². The molecule has 0 saturated heterocycles. The smallest absolute Gasteiger partial charge is 0.356 e. The third-order valence-electron chi connectivity index (χ3n) is 5.88. The van der Waals surface area contributed by atoms with E-state index < -0.39 is 40.9 Å². The molecule has 0 fully saturated rings. The lowest BCUT2D eigenvalue weighted by molar-refractivity contribution is -0.143. The second-order valence-corrected chi connectivity index (χ2v) is 8.59. The van der Waals surface area contributed by atoms with Crippen molar-refractivity contribution < 1.29 is 35.9 Å². The topological polar surface area (TPSA) is 61.4 Å². The van der Waals surface area contributed by atoms with Gasteiger partial charge in [0.25, 0.3) is 11.8 Å². The number of hydrogen-bond donors (Lipinski definition) is 2. The molecule has 0 unspecified atom stereocenters. The third kappa shape index (κ3) is 5.82. The maximum atomic E-state index is 13.6. The Kier molecular flexibility index (Phi) is 7.21. The van der Waals surface area contributed by atoms with Crippen molar-refractivity contribution in [1.82, 2.24) is 4.90 Å². The number of allylic oxidation sites excluding steroid dienone is 1. The van der Waals surface area contributed by atoms with Gasteiger partial charge in [0.2, 0.25) is 0 Å². The molecule has 3 aromatic carbocycles. The number of hydrogen-bond acceptors (Lipinski definition) is 3. The molecular weight excluding hydrogens is 512 g/mol. The van der Waals surface area contributed by atoms with E-state index in [2.05, 4.69) is 10.6 Å². The number of anilines is 2. The van der Waals surface area contributed by atoms with Gasteiger partial charge in [-0.05, 0) is 49.2 Å². The van der Waals surface area contributed by atoms with Crippen molar-refractivity contribution in [1.29, 1.82) is 0 Å². The summed E-state index contributed by atoms with van der Waals surface area (Å²) < 4.78 is 80.9. The van der Waals surface area contributed by atoms with Crippen LogP contribution in [-0.4, -0.2) is 23.3 Å². The Labute approximate surface area is 213 Å². The zero-order chi connectivity index (χ0) is 27.7. The zero-order valence-electron chi connectivity index (χ0n) is 19.9. The molecule has 2 N–H and O–H groups in total. The minimum Gasteiger partial charge on any atom is -0.356 e. The quantitative estimate of drug-likeness (QED) is 0.359. The molecule has 0 saturated carbocycles. The van der Waals surface area contributed by atoms with Gasteiger partial charge in [0.1, 0.15) is 5.70 Å². The average Bonchev–Trinajstić information content (AvgIpc) is 2.98. The molecule has 0 aromatic heterocycles. The minimum absolute atomic E-state index is 0.0494. The summed E-state index contributed by atoms with van der Waals surface area (Å²) in [5.41, 5.74) is -2.50. The molecule has 1 aliphatic heterocycles. The maximum absolute atomic E-state index is 13.6. The van der Waals surface area contributed by atoms with E-state index in [-0.39, 0.29) is 30.4 Å². The summed E-state index contributed by atoms with van der Waals surface area (Å²) in [4.78, 5) is 27.8. The van der Waals surface area contributed by atoms with Gasteiger partial charge in [0.05, 0.1) is 22.5 Å². The van der Waals surface area contributed by atoms with E-state index in [0.29, 0.717) is 23.5 Å². The number of nitrogens with one attached hydrogen (secondary N) is 2. The Morgan fingerprint density at radius 1 is 0.789 bits per heavy atom. The lowest BCUT2D eigenvalue weighted by atomic mass is 10.0. The van der Waals surface area contributed by atoms with Crippen LogP contribution >= 0.6 is 0 Å². The van der Waals surface area contributed by atoms with Gasteiger partial charge in [-0.1, -0.05) is 42.5 Å². The van der Waals surface area contributed by atoms with Crippen molar-refractivity contribution in [2.24, 2.45) is 0 Å². The lowest BCUT2D eigenvalue weighted by Gasteiger charge is -2.26. The van der Waals surface area contributed by atoms with Gasteiger partial charge >= 0.3 is 12.4 Å². The van der Waals surface area contributed by atoms with Crippen LogP contribution in [0.5, 0.6) is 0 Å². The summed E-state index contributed by atoms with van der Waals surface area (Å²) in [7, 11) is 0. The van der Waals surface area contributed by atoms with E-state index in [1.807, 2.05) is 0 Å². The minimum atomic E-state index is -5.14. The van der Waals surface area contributed by atoms with Crippen molar-refractivity contribution in [3.63, 3.8) is 0 Å². The molecule has 0 bridgehead atoms. The van der Waals surface area contributed by atoms with Crippen LogP contribution in [0.1, 0.15) is 34.0 Å². The number of benzene rings is 3. The van der Waals surface area contributed by atoms with Crippen molar-refractivity contribution in [2.45, 2.75) is 25.7 Å². The first-order chi connectivity index (χ1) is 17.8. The fourth-order valence-corrected chi connectivity index (χ4v) is 4.07.